The number of anilines is 3. The summed E-state index contributed by atoms with van der Waals surface area (Å²) in [6.45, 7) is 8.33. The van der Waals surface area contributed by atoms with Crippen molar-refractivity contribution in [1.29, 1.82) is 0 Å². The minimum atomic E-state index is -1.22. The average molecular weight is 1230 g/mol. The van der Waals surface area contributed by atoms with Gasteiger partial charge in [-0.2, -0.15) is 0 Å². The molecular weight excluding hydrogens is 1150 g/mol. The number of benzene rings is 4. The van der Waals surface area contributed by atoms with Crippen molar-refractivity contribution in [2.75, 3.05) is 81.9 Å². The second-order valence-electron chi connectivity index (χ2n) is 25.2. The third kappa shape index (κ3) is 16.3. The van der Waals surface area contributed by atoms with E-state index in [1.54, 1.807) is 4.90 Å². The molecule has 20 nitrogen and oxygen atoms in total. The van der Waals surface area contributed by atoms with E-state index in [-0.39, 0.29) is 107 Å². The first-order valence-electron chi connectivity index (χ1n) is 31.9. The number of hydrogen-bond acceptors (Lipinski definition) is 13. The first-order chi connectivity index (χ1) is 43.4. The third-order valence-electron chi connectivity index (χ3n) is 19.3. The molecule has 1 heterocycles. The first-order valence-corrected chi connectivity index (χ1v) is 31.9. The number of para-hydroxylation sites is 1. The number of nitrogens with one attached hydrogen (secondary N) is 5. The molecule has 0 spiro atoms. The van der Waals surface area contributed by atoms with Crippen LogP contribution in [0.5, 0.6) is 0 Å². The van der Waals surface area contributed by atoms with Gasteiger partial charge in [0.15, 0.2) is 0 Å². The van der Waals surface area contributed by atoms with Gasteiger partial charge >= 0.3 is 5.97 Å². The summed E-state index contributed by atoms with van der Waals surface area (Å²) in [6.07, 6.45) is 7.47. The van der Waals surface area contributed by atoms with Crippen LogP contribution in [0.25, 0.3) is 0 Å². The molecule has 20 heteroatoms. The number of amides is 7. The van der Waals surface area contributed by atoms with E-state index in [0.717, 1.165) is 97.0 Å². The summed E-state index contributed by atoms with van der Waals surface area (Å²) in [4.78, 5) is 108. The molecule has 0 aromatic heterocycles. The maximum Gasteiger partial charge on any atom is 0.303 e. The number of nitrogen functional groups attached to an aromatic ring is 1. The van der Waals surface area contributed by atoms with Crippen molar-refractivity contribution in [2.45, 2.75) is 141 Å². The lowest BCUT2D eigenvalue weighted by Gasteiger charge is -2.55. The predicted octanol–water partition coefficient (Wildman–Crippen LogP) is 7.16. The van der Waals surface area contributed by atoms with Crippen LogP contribution in [0.4, 0.5) is 17.1 Å². The van der Waals surface area contributed by atoms with E-state index in [4.69, 9.17) is 24.7 Å². The Kier molecular flexibility index (Phi) is 22.7. The molecule has 7 amide bonds. The number of carbonyl (C=O) groups is 8. The van der Waals surface area contributed by atoms with Crippen molar-refractivity contribution in [3.8, 4) is 11.8 Å². The highest BCUT2D eigenvalue weighted by atomic mass is 16.6. The molecule has 4 aromatic rings. The number of hydrogen-bond donors (Lipinski definition) is 7. The van der Waals surface area contributed by atoms with Crippen molar-refractivity contribution in [1.82, 2.24) is 21.3 Å². The number of aliphatic carboxylic acids is 1. The molecule has 9 rings (SSSR count). The van der Waals surface area contributed by atoms with E-state index >= 15 is 0 Å². The lowest BCUT2D eigenvalue weighted by molar-refractivity contribution is -0.149. The van der Waals surface area contributed by atoms with Crippen LogP contribution in [0.1, 0.15) is 149 Å². The van der Waals surface area contributed by atoms with Crippen molar-refractivity contribution >= 4 is 64.4 Å². The second kappa shape index (κ2) is 30.7. The topological polar surface area (TPSA) is 283 Å². The van der Waals surface area contributed by atoms with E-state index in [9.17, 15) is 43.5 Å². The lowest BCUT2D eigenvalue weighted by atomic mass is 9.49. The van der Waals surface area contributed by atoms with Gasteiger partial charge in [0.1, 0.15) is 6.04 Å². The van der Waals surface area contributed by atoms with Crippen LogP contribution in [0, 0.1) is 34.5 Å². The monoisotopic (exact) mass is 1230 g/mol. The Hall–Kier alpha value is -7.96. The van der Waals surface area contributed by atoms with Gasteiger partial charge in [-0.15, -0.1) is 0 Å². The van der Waals surface area contributed by atoms with Gasteiger partial charge in [0.05, 0.1) is 82.5 Å². The van der Waals surface area contributed by atoms with Crippen LogP contribution in [0.3, 0.4) is 0 Å². The molecule has 2 saturated carbocycles. The molecule has 90 heavy (non-hydrogen) atoms. The molecule has 1 aliphatic heterocycles. The molecule has 480 valence electrons. The summed E-state index contributed by atoms with van der Waals surface area (Å²) in [7, 11) is 0. The predicted molar refractivity (Wildman–Crippen MR) is 339 cm³/mol. The number of nitrogens with zero attached hydrogens (tertiary/aromatic N) is 1. The Morgan fingerprint density at radius 3 is 2.08 bits per heavy atom. The van der Waals surface area contributed by atoms with E-state index in [1.165, 1.54) is 11.1 Å². The Morgan fingerprint density at radius 1 is 0.644 bits per heavy atom. The fourth-order valence-electron chi connectivity index (χ4n) is 14.5. The first kappa shape index (κ1) is 66.5. The highest BCUT2D eigenvalue weighted by Crippen LogP contribution is 2.59. The summed E-state index contributed by atoms with van der Waals surface area (Å²) in [5.41, 5.74) is 13.5. The van der Waals surface area contributed by atoms with Gasteiger partial charge in [0, 0.05) is 54.7 Å². The van der Waals surface area contributed by atoms with E-state index < -0.39 is 58.9 Å². The van der Waals surface area contributed by atoms with Gasteiger partial charge in [-0.05, 0) is 151 Å². The zero-order valence-corrected chi connectivity index (χ0v) is 52.1. The van der Waals surface area contributed by atoms with Gasteiger partial charge in [-0.3, -0.25) is 43.7 Å². The lowest BCUT2D eigenvalue weighted by Crippen LogP contribution is -2.58. The molecule has 2 unspecified atom stereocenters. The number of carboxylic acids is 1. The molecule has 8 N–H and O–H groups in total. The van der Waals surface area contributed by atoms with Gasteiger partial charge < -0.3 is 56.0 Å². The fourth-order valence-corrected chi connectivity index (χ4v) is 14.5. The van der Waals surface area contributed by atoms with E-state index in [1.807, 2.05) is 86.6 Å². The molecule has 0 radical (unpaired) electrons. The highest BCUT2D eigenvalue weighted by Gasteiger charge is 2.57. The standard InChI is InChI=1S/C70H87N7O13/c1-68-31-9-32-70(3,67(86)76-66(85)69(2)30-8-13-53-54-42-51(71)21-17-47(54)19-23-55(53)69)59(68)25-20-48-18-22-52(43-56(48)68)74-62(80)44-73-65(84)57(24-28-64(82)83)75-61(79)29-34-87-36-38-89-40-41-90-39-37-88-35-33-72-60(78)26-27-63(81)77-45-50-12-5-4-10-46(50)15-16-49-11-6-7-14-58(49)77/h4-7,10-12,14,17-18,21-22,42-43,53,55,57,59H,8-9,13,19-20,23-41,44-45,71H2,1-3H3,(H,72,78)(H,73,84)(H,74,80)(H,75,79)(H,82,83)(H,76,85,86)/t53?,55-,57+,59?,68-,69+,70+/m1/s1. The summed E-state index contributed by atoms with van der Waals surface area (Å²) in [5.74, 6) is 2.87. The van der Waals surface area contributed by atoms with Gasteiger partial charge in [0.2, 0.25) is 41.4 Å². The number of fused-ring (bicyclic) bond motifs is 8. The molecule has 7 atom stereocenters. The van der Waals surface area contributed by atoms with Crippen molar-refractivity contribution in [2.24, 2.45) is 22.7 Å². The van der Waals surface area contributed by atoms with Crippen LogP contribution >= 0.6 is 0 Å². The van der Waals surface area contributed by atoms with Crippen LogP contribution in [-0.4, -0.2) is 124 Å². The van der Waals surface area contributed by atoms with Crippen molar-refractivity contribution in [3.63, 3.8) is 0 Å². The molecule has 5 aliphatic rings. The largest absolute Gasteiger partial charge is 0.481 e. The quantitative estimate of drug-likeness (QED) is 0.0129. The Morgan fingerprint density at radius 2 is 1.31 bits per heavy atom. The second-order valence-corrected chi connectivity index (χ2v) is 25.2. The molecule has 2 fully saturated rings. The molecular formula is C70H87N7O13. The number of imide groups is 1. The van der Waals surface area contributed by atoms with Crippen LogP contribution in [0.15, 0.2) is 84.9 Å². The maximum atomic E-state index is 14.7. The highest BCUT2D eigenvalue weighted by molar-refractivity contribution is 6.01. The maximum absolute atomic E-state index is 14.7. The summed E-state index contributed by atoms with van der Waals surface area (Å²) < 4.78 is 22.2. The molecule has 4 aliphatic carbocycles. The normalized spacial score (nSPS) is 22.3. The molecule has 4 aromatic carbocycles. The number of ether oxygens (including phenoxy) is 4. The minimum absolute atomic E-state index is 0.0102. The average Bonchev–Trinajstić information content (AvgIpc) is 0.750. The number of carbonyl (C=O) groups excluding carboxylic acids is 7. The van der Waals surface area contributed by atoms with Crippen LogP contribution < -0.4 is 37.2 Å². The molecule has 0 saturated heterocycles. The molecule has 0 bridgehead atoms. The van der Waals surface area contributed by atoms with Crippen molar-refractivity contribution < 1.29 is 62.4 Å². The number of carboxylic acid groups (broad SMARTS) is 1. The van der Waals surface area contributed by atoms with Crippen LogP contribution in [-0.2, 0) is 82.1 Å². The zero-order valence-electron chi connectivity index (χ0n) is 52.1. The zero-order chi connectivity index (χ0) is 63.8. The smallest absolute Gasteiger partial charge is 0.303 e. The Balaban J connectivity index is 0.630. The number of nitrogens with two attached hydrogens (primary N) is 1. The van der Waals surface area contributed by atoms with Crippen molar-refractivity contribution in [3.05, 3.63) is 124 Å². The summed E-state index contributed by atoms with van der Waals surface area (Å²) in [5, 5.41) is 23.2. The van der Waals surface area contributed by atoms with Gasteiger partial charge in [0.25, 0.3) is 0 Å². The summed E-state index contributed by atoms with van der Waals surface area (Å²) >= 11 is 0. The SMILES string of the molecule is C[C@]1(C(=O)NC(=O)[C@@]2(C)CCCC3c4cc(N)ccc4CC[C@H]32)CCC[C@]2(C)c3cc(NC(=O)CNC(=O)[C@H](CCC(=O)O)NC(=O)CCOCCOCCOCCOCCNC(=O)CCC(=O)N4Cc5ccccc5C#Cc5ccccc54)ccc3CCC12. The number of aryl methyl sites for hydroxylation is 2. The summed E-state index contributed by atoms with van der Waals surface area (Å²) in [6, 6.07) is 25.9. The minimum Gasteiger partial charge on any atom is -0.481 e. The van der Waals surface area contributed by atoms with E-state index in [0.29, 0.717) is 38.5 Å². The fraction of sp³-hybridized carbons (Fsp3) is 0.514. The third-order valence-corrected chi connectivity index (χ3v) is 19.3. The van der Waals surface area contributed by atoms with Gasteiger partial charge in [-0.25, -0.2) is 0 Å². The Labute approximate surface area is 527 Å². The van der Waals surface area contributed by atoms with E-state index in [2.05, 4.69) is 57.5 Å². The van der Waals surface area contributed by atoms with Gasteiger partial charge in [-0.1, -0.05) is 87.9 Å². The number of rotatable bonds is 28. The Bertz CT molecular complexity index is 3360. The van der Waals surface area contributed by atoms with Crippen LogP contribution in [0.2, 0.25) is 0 Å².